The smallest absolute Gasteiger partial charge is 0.344 e. The summed E-state index contributed by atoms with van der Waals surface area (Å²) in [6.45, 7) is 0. The van der Waals surface area contributed by atoms with Crippen molar-refractivity contribution < 1.29 is 18.8 Å². The fourth-order valence-corrected chi connectivity index (χ4v) is 3.54. The number of nitrogens with one attached hydrogen (secondary N) is 1. The molecule has 1 aromatic heterocycles. The van der Waals surface area contributed by atoms with Gasteiger partial charge in [-0.1, -0.05) is 63.7 Å². The quantitative estimate of drug-likeness (QED) is 0.291. The number of rotatable bonds is 5. The number of nitrogens with zero attached hydrogens (tertiary/aromatic N) is 2. The van der Waals surface area contributed by atoms with Gasteiger partial charge in [0, 0.05) is 11.1 Å². The molecule has 0 radical (unpaired) electrons. The SMILES string of the molecule is COC(=O)c1c(-c2c(Cl)cccc2Cl)noc1C(=O)N/N=C\c1c(Cl)cccc1Cl. The molecule has 3 aromatic rings. The number of esters is 1. The van der Waals surface area contributed by atoms with Crippen LogP contribution in [0.5, 0.6) is 0 Å². The molecule has 1 heterocycles. The Morgan fingerprint density at radius 1 is 1.03 bits per heavy atom. The topological polar surface area (TPSA) is 93.8 Å². The minimum absolute atomic E-state index is 0.0410. The summed E-state index contributed by atoms with van der Waals surface area (Å²) in [7, 11) is 1.15. The van der Waals surface area contributed by atoms with Crippen LogP contribution in [-0.2, 0) is 4.74 Å². The molecule has 0 aliphatic heterocycles. The lowest BCUT2D eigenvalue weighted by Crippen LogP contribution is -2.20. The molecular formula is C19H11Cl4N3O4. The van der Waals surface area contributed by atoms with E-state index < -0.39 is 17.6 Å². The van der Waals surface area contributed by atoms with E-state index >= 15 is 0 Å². The van der Waals surface area contributed by atoms with E-state index in [1.807, 2.05) is 0 Å². The molecule has 7 nitrogen and oxygen atoms in total. The van der Waals surface area contributed by atoms with Gasteiger partial charge in [0.1, 0.15) is 11.3 Å². The van der Waals surface area contributed by atoms with Crippen LogP contribution in [-0.4, -0.2) is 30.4 Å². The zero-order valence-corrected chi connectivity index (χ0v) is 18.1. The van der Waals surface area contributed by atoms with E-state index in [2.05, 4.69) is 15.7 Å². The summed E-state index contributed by atoms with van der Waals surface area (Å²) in [5, 5.41) is 8.68. The highest BCUT2D eigenvalue weighted by Gasteiger charge is 2.31. The molecule has 0 aliphatic rings. The van der Waals surface area contributed by atoms with Crippen LogP contribution >= 0.6 is 46.4 Å². The summed E-state index contributed by atoms with van der Waals surface area (Å²) >= 11 is 24.5. The summed E-state index contributed by atoms with van der Waals surface area (Å²) in [6.07, 6.45) is 1.25. The van der Waals surface area contributed by atoms with E-state index in [1.165, 1.54) is 6.21 Å². The van der Waals surface area contributed by atoms with Crippen molar-refractivity contribution in [3.63, 3.8) is 0 Å². The van der Waals surface area contributed by atoms with E-state index in [1.54, 1.807) is 36.4 Å². The Kier molecular flexibility index (Phi) is 6.99. The number of hydrazone groups is 1. The number of benzene rings is 2. The zero-order chi connectivity index (χ0) is 21.8. The van der Waals surface area contributed by atoms with Crippen molar-refractivity contribution in [2.45, 2.75) is 0 Å². The normalized spacial score (nSPS) is 11.0. The second kappa shape index (κ2) is 9.49. The number of ether oxygens (including phenoxy) is 1. The van der Waals surface area contributed by atoms with Gasteiger partial charge >= 0.3 is 11.9 Å². The zero-order valence-electron chi connectivity index (χ0n) is 15.1. The first-order valence-electron chi connectivity index (χ1n) is 8.15. The highest BCUT2D eigenvalue weighted by atomic mass is 35.5. The molecule has 154 valence electrons. The van der Waals surface area contributed by atoms with Gasteiger partial charge in [-0.05, 0) is 24.3 Å². The van der Waals surface area contributed by atoms with Gasteiger partial charge in [0.15, 0.2) is 0 Å². The average molecular weight is 487 g/mol. The van der Waals surface area contributed by atoms with Gasteiger partial charge in [-0.25, -0.2) is 10.2 Å². The minimum atomic E-state index is -0.870. The van der Waals surface area contributed by atoms with Crippen LogP contribution in [0, 0.1) is 0 Å². The number of amides is 1. The molecule has 0 saturated carbocycles. The van der Waals surface area contributed by atoms with Crippen molar-refractivity contribution >= 4 is 64.5 Å². The molecule has 0 saturated heterocycles. The number of halogens is 4. The lowest BCUT2D eigenvalue weighted by Gasteiger charge is -2.05. The molecule has 11 heteroatoms. The van der Waals surface area contributed by atoms with Gasteiger partial charge in [-0.15, -0.1) is 0 Å². The molecule has 2 aromatic carbocycles. The molecule has 3 rings (SSSR count). The van der Waals surface area contributed by atoms with E-state index in [0.29, 0.717) is 15.6 Å². The monoisotopic (exact) mass is 485 g/mol. The van der Waals surface area contributed by atoms with Crippen LogP contribution < -0.4 is 5.43 Å². The molecule has 0 spiro atoms. The van der Waals surface area contributed by atoms with Gasteiger partial charge in [0.05, 0.1) is 33.4 Å². The van der Waals surface area contributed by atoms with Crippen molar-refractivity contribution in [2.75, 3.05) is 7.11 Å². The van der Waals surface area contributed by atoms with Crippen LogP contribution in [0.3, 0.4) is 0 Å². The third-order valence-corrected chi connectivity index (χ3v) is 5.14. The van der Waals surface area contributed by atoms with Crippen LogP contribution in [0.1, 0.15) is 26.5 Å². The van der Waals surface area contributed by atoms with Gasteiger partial charge < -0.3 is 9.26 Å². The predicted octanol–water partition coefficient (Wildman–Crippen LogP) is 5.51. The molecule has 0 bridgehead atoms. The van der Waals surface area contributed by atoms with Crippen molar-refractivity contribution in [2.24, 2.45) is 5.10 Å². The van der Waals surface area contributed by atoms with Crippen LogP contribution in [0.25, 0.3) is 11.3 Å². The number of aromatic nitrogens is 1. The average Bonchev–Trinajstić information content (AvgIpc) is 3.14. The Labute approximate surface area is 190 Å². The van der Waals surface area contributed by atoms with Gasteiger partial charge in [0.2, 0.25) is 5.76 Å². The first-order valence-corrected chi connectivity index (χ1v) is 9.66. The van der Waals surface area contributed by atoms with Gasteiger partial charge in [-0.3, -0.25) is 4.79 Å². The molecule has 0 aliphatic carbocycles. The van der Waals surface area contributed by atoms with Crippen molar-refractivity contribution in [3.05, 3.63) is 73.4 Å². The Morgan fingerprint density at radius 2 is 1.60 bits per heavy atom. The summed E-state index contributed by atoms with van der Waals surface area (Å²) in [6, 6.07) is 9.61. The maximum atomic E-state index is 12.6. The maximum Gasteiger partial charge on any atom is 0.344 e. The molecule has 1 N–H and O–H groups in total. The fraction of sp³-hybridized carbons (Fsp3) is 0.0526. The second-order valence-corrected chi connectivity index (χ2v) is 7.29. The largest absolute Gasteiger partial charge is 0.465 e. The fourth-order valence-electron chi connectivity index (χ4n) is 2.47. The van der Waals surface area contributed by atoms with Crippen LogP contribution in [0.4, 0.5) is 0 Å². The maximum absolute atomic E-state index is 12.6. The van der Waals surface area contributed by atoms with Crippen LogP contribution in [0.15, 0.2) is 46.0 Å². The van der Waals surface area contributed by atoms with E-state index in [-0.39, 0.29) is 26.9 Å². The Morgan fingerprint density at radius 3 is 2.17 bits per heavy atom. The minimum Gasteiger partial charge on any atom is -0.465 e. The van der Waals surface area contributed by atoms with Gasteiger partial charge in [0.25, 0.3) is 0 Å². The number of carbonyl (C=O) groups is 2. The summed E-state index contributed by atoms with van der Waals surface area (Å²) in [5.74, 6) is -2.17. The van der Waals surface area contributed by atoms with E-state index in [9.17, 15) is 9.59 Å². The molecule has 0 atom stereocenters. The number of methoxy groups -OCH3 is 1. The third kappa shape index (κ3) is 4.44. The van der Waals surface area contributed by atoms with E-state index in [4.69, 9.17) is 55.7 Å². The summed E-state index contributed by atoms with van der Waals surface area (Å²) in [5.41, 5.74) is 2.54. The highest BCUT2D eigenvalue weighted by Crippen LogP contribution is 2.37. The molecule has 1 amide bonds. The third-order valence-electron chi connectivity index (χ3n) is 3.85. The van der Waals surface area contributed by atoms with Gasteiger partial charge in [-0.2, -0.15) is 5.10 Å². The summed E-state index contributed by atoms with van der Waals surface area (Å²) in [4.78, 5) is 24.9. The molecule has 0 fully saturated rings. The standard InChI is InChI=1S/C19H11Cl4N3O4/c1-29-19(28)15-16(14-12(22)6-3-7-13(14)23)26-30-17(15)18(27)25-24-8-9-10(20)4-2-5-11(9)21/h2-8H,1H3,(H,25,27)/b24-8-. The van der Waals surface area contributed by atoms with E-state index in [0.717, 1.165) is 7.11 Å². The Hall–Kier alpha value is -2.58. The molecular weight excluding hydrogens is 476 g/mol. The van der Waals surface area contributed by atoms with Crippen molar-refractivity contribution in [3.8, 4) is 11.3 Å². The predicted molar refractivity (Wildman–Crippen MR) is 115 cm³/mol. The van der Waals surface area contributed by atoms with Crippen molar-refractivity contribution in [1.82, 2.24) is 10.6 Å². The molecule has 0 unspecified atom stereocenters. The molecule has 30 heavy (non-hydrogen) atoms. The first-order chi connectivity index (χ1) is 14.3. The Balaban J connectivity index is 1.96. The Bertz CT molecular complexity index is 1120. The lowest BCUT2D eigenvalue weighted by atomic mass is 10.1. The summed E-state index contributed by atoms with van der Waals surface area (Å²) < 4.78 is 9.84. The highest BCUT2D eigenvalue weighted by molar-refractivity contribution is 6.39. The van der Waals surface area contributed by atoms with Crippen LogP contribution in [0.2, 0.25) is 20.1 Å². The first kappa shape index (κ1) is 22.1. The number of hydrogen-bond donors (Lipinski definition) is 1. The number of carbonyl (C=O) groups excluding carboxylic acids is 2. The number of hydrogen-bond acceptors (Lipinski definition) is 6. The lowest BCUT2D eigenvalue weighted by molar-refractivity contribution is 0.0594. The van der Waals surface area contributed by atoms with Crippen molar-refractivity contribution in [1.29, 1.82) is 0 Å². The second-order valence-electron chi connectivity index (χ2n) is 5.66.